The van der Waals surface area contributed by atoms with E-state index in [-0.39, 0.29) is 5.41 Å². The Morgan fingerprint density at radius 1 is 1.20 bits per heavy atom. The highest BCUT2D eigenvalue weighted by Gasteiger charge is 2.36. The van der Waals surface area contributed by atoms with E-state index in [1.807, 2.05) is 18.2 Å². The van der Waals surface area contributed by atoms with Crippen molar-refractivity contribution < 1.29 is 0 Å². The molecule has 0 bridgehead atoms. The van der Waals surface area contributed by atoms with E-state index in [2.05, 4.69) is 46.6 Å². The Labute approximate surface area is 93.4 Å². The van der Waals surface area contributed by atoms with Crippen molar-refractivity contribution in [1.82, 2.24) is 0 Å². The van der Waals surface area contributed by atoms with Gasteiger partial charge in [0, 0.05) is 5.41 Å². The van der Waals surface area contributed by atoms with Crippen molar-refractivity contribution in [3.63, 3.8) is 0 Å². The zero-order chi connectivity index (χ0) is 11.6. The zero-order valence-electron chi connectivity index (χ0n) is 10.0. The van der Waals surface area contributed by atoms with Gasteiger partial charge in [0.15, 0.2) is 0 Å². The molecule has 0 aromatic carbocycles. The van der Waals surface area contributed by atoms with Crippen LogP contribution in [0.3, 0.4) is 0 Å². The molecular formula is C15H20. The molecule has 1 unspecified atom stereocenters. The lowest BCUT2D eigenvalue weighted by atomic mass is 9.64. The third-order valence-electron chi connectivity index (χ3n) is 3.65. The highest BCUT2D eigenvalue weighted by Crippen LogP contribution is 2.46. The minimum Gasteiger partial charge on any atom is -0.102 e. The summed E-state index contributed by atoms with van der Waals surface area (Å²) in [6.07, 6.45) is 8.14. The number of allylic oxidation sites excluding steroid dienone is 7. The van der Waals surface area contributed by atoms with E-state index < -0.39 is 0 Å². The van der Waals surface area contributed by atoms with Gasteiger partial charge in [-0.25, -0.2) is 0 Å². The smallest absolute Gasteiger partial charge is 0.0332 e. The highest BCUT2D eigenvalue weighted by molar-refractivity contribution is 5.47. The van der Waals surface area contributed by atoms with Crippen LogP contribution in [0.25, 0.3) is 0 Å². The SMILES string of the molecule is C=CC1=C(C)C=C(C)C(C=C)(C=C)C1C. The minimum atomic E-state index is -0.108. The lowest BCUT2D eigenvalue weighted by molar-refractivity contribution is 0.429. The summed E-state index contributed by atoms with van der Waals surface area (Å²) in [5.41, 5.74) is 3.79. The van der Waals surface area contributed by atoms with E-state index >= 15 is 0 Å². The van der Waals surface area contributed by atoms with Crippen LogP contribution in [0.2, 0.25) is 0 Å². The van der Waals surface area contributed by atoms with Gasteiger partial charge in [0.25, 0.3) is 0 Å². The normalized spacial score (nSPS) is 24.5. The van der Waals surface area contributed by atoms with Crippen LogP contribution in [0.15, 0.2) is 60.8 Å². The molecule has 1 atom stereocenters. The van der Waals surface area contributed by atoms with E-state index in [0.717, 1.165) is 0 Å². The van der Waals surface area contributed by atoms with Crippen LogP contribution in [-0.2, 0) is 0 Å². The molecule has 0 nitrogen and oxygen atoms in total. The monoisotopic (exact) mass is 200 g/mol. The summed E-state index contributed by atoms with van der Waals surface area (Å²) >= 11 is 0. The quantitative estimate of drug-likeness (QED) is 0.591. The van der Waals surface area contributed by atoms with Crippen molar-refractivity contribution >= 4 is 0 Å². The molecule has 80 valence electrons. The Kier molecular flexibility index (Phi) is 3.18. The van der Waals surface area contributed by atoms with Gasteiger partial charge in [-0.1, -0.05) is 43.4 Å². The van der Waals surface area contributed by atoms with Gasteiger partial charge in [-0.15, -0.1) is 13.2 Å². The van der Waals surface area contributed by atoms with Gasteiger partial charge in [-0.2, -0.15) is 0 Å². The average molecular weight is 200 g/mol. The first-order valence-corrected chi connectivity index (χ1v) is 5.32. The second-order valence-corrected chi connectivity index (χ2v) is 4.23. The molecule has 0 heteroatoms. The van der Waals surface area contributed by atoms with Gasteiger partial charge >= 0.3 is 0 Å². The standard InChI is InChI=1S/C15H20/c1-7-14-11(4)10-12(5)15(8-2,9-3)13(14)6/h7-10,13H,1-3H2,4-6H3. The van der Waals surface area contributed by atoms with Gasteiger partial charge < -0.3 is 0 Å². The molecule has 15 heavy (non-hydrogen) atoms. The van der Waals surface area contributed by atoms with Crippen LogP contribution in [0.4, 0.5) is 0 Å². The fourth-order valence-electron chi connectivity index (χ4n) is 2.57. The fourth-order valence-corrected chi connectivity index (χ4v) is 2.57. The van der Waals surface area contributed by atoms with E-state index in [1.54, 1.807) is 0 Å². The second-order valence-electron chi connectivity index (χ2n) is 4.23. The van der Waals surface area contributed by atoms with Crippen LogP contribution in [0, 0.1) is 11.3 Å². The summed E-state index contributed by atoms with van der Waals surface area (Å²) in [4.78, 5) is 0. The first kappa shape index (κ1) is 11.8. The van der Waals surface area contributed by atoms with Crippen LogP contribution >= 0.6 is 0 Å². The van der Waals surface area contributed by atoms with Crippen LogP contribution < -0.4 is 0 Å². The molecule has 0 aromatic rings. The Hall–Kier alpha value is -1.30. The van der Waals surface area contributed by atoms with Crippen LogP contribution in [-0.4, -0.2) is 0 Å². The Bertz CT molecular complexity index is 355. The van der Waals surface area contributed by atoms with Crippen molar-refractivity contribution in [2.24, 2.45) is 11.3 Å². The number of hydrogen-bond donors (Lipinski definition) is 0. The number of hydrogen-bond acceptors (Lipinski definition) is 0. The Morgan fingerprint density at radius 2 is 1.73 bits per heavy atom. The molecule has 0 N–H and O–H groups in total. The molecule has 0 radical (unpaired) electrons. The third kappa shape index (κ3) is 1.54. The summed E-state index contributed by atoms with van der Waals surface area (Å²) in [6, 6.07) is 0. The first-order valence-electron chi connectivity index (χ1n) is 5.32. The summed E-state index contributed by atoms with van der Waals surface area (Å²) < 4.78 is 0. The van der Waals surface area contributed by atoms with E-state index in [4.69, 9.17) is 0 Å². The minimum absolute atomic E-state index is 0.108. The van der Waals surface area contributed by atoms with E-state index in [9.17, 15) is 0 Å². The Morgan fingerprint density at radius 3 is 2.13 bits per heavy atom. The maximum atomic E-state index is 3.95. The summed E-state index contributed by atoms with van der Waals surface area (Å²) in [5.74, 6) is 0.370. The molecular weight excluding hydrogens is 180 g/mol. The maximum Gasteiger partial charge on any atom is 0.0332 e. The van der Waals surface area contributed by atoms with E-state index in [0.29, 0.717) is 5.92 Å². The predicted molar refractivity (Wildman–Crippen MR) is 68.6 cm³/mol. The largest absolute Gasteiger partial charge is 0.102 e. The molecule has 0 fully saturated rings. The molecule has 1 aliphatic rings. The summed E-state index contributed by atoms with van der Waals surface area (Å²) in [5, 5.41) is 0. The van der Waals surface area contributed by atoms with Crippen LogP contribution in [0.1, 0.15) is 20.8 Å². The molecule has 0 spiro atoms. The van der Waals surface area contributed by atoms with Gasteiger partial charge in [-0.3, -0.25) is 0 Å². The van der Waals surface area contributed by atoms with Crippen molar-refractivity contribution in [2.45, 2.75) is 20.8 Å². The highest BCUT2D eigenvalue weighted by atomic mass is 14.4. The van der Waals surface area contributed by atoms with Crippen molar-refractivity contribution in [3.05, 3.63) is 60.8 Å². The fraction of sp³-hybridized carbons (Fsp3) is 0.333. The first-order chi connectivity index (χ1) is 7.03. The van der Waals surface area contributed by atoms with Gasteiger partial charge in [0.1, 0.15) is 0 Å². The molecule has 1 rings (SSSR count). The second kappa shape index (κ2) is 4.06. The topological polar surface area (TPSA) is 0 Å². The Balaban J connectivity index is 3.41. The van der Waals surface area contributed by atoms with Gasteiger partial charge in [0.2, 0.25) is 0 Å². The summed E-state index contributed by atoms with van der Waals surface area (Å²) in [6.45, 7) is 18.3. The lowest BCUT2D eigenvalue weighted by Crippen LogP contribution is -2.29. The molecule has 1 aliphatic carbocycles. The van der Waals surface area contributed by atoms with Crippen molar-refractivity contribution in [1.29, 1.82) is 0 Å². The van der Waals surface area contributed by atoms with Gasteiger partial charge in [0.05, 0.1) is 0 Å². The molecule has 0 saturated carbocycles. The number of rotatable bonds is 3. The average Bonchev–Trinajstić information content (AvgIpc) is 2.20. The third-order valence-corrected chi connectivity index (χ3v) is 3.65. The van der Waals surface area contributed by atoms with Crippen molar-refractivity contribution in [2.75, 3.05) is 0 Å². The molecule has 0 heterocycles. The molecule has 0 amide bonds. The molecule has 0 aromatic heterocycles. The maximum absolute atomic E-state index is 3.95. The zero-order valence-corrected chi connectivity index (χ0v) is 10.0. The molecule has 0 aliphatic heterocycles. The van der Waals surface area contributed by atoms with E-state index in [1.165, 1.54) is 16.7 Å². The molecule has 0 saturated heterocycles. The summed E-state index contributed by atoms with van der Waals surface area (Å²) in [7, 11) is 0. The van der Waals surface area contributed by atoms with Gasteiger partial charge in [-0.05, 0) is 30.9 Å². The lowest BCUT2D eigenvalue weighted by Gasteiger charge is -2.39. The predicted octanol–water partition coefficient (Wildman–Crippen LogP) is 4.44. The van der Waals surface area contributed by atoms with Crippen molar-refractivity contribution in [3.8, 4) is 0 Å². The van der Waals surface area contributed by atoms with Crippen LogP contribution in [0.5, 0.6) is 0 Å².